The summed E-state index contributed by atoms with van der Waals surface area (Å²) in [5, 5.41) is 0. The lowest BCUT2D eigenvalue weighted by atomic mass is 10.0. The topological polar surface area (TPSA) is 51.4 Å². The van der Waals surface area contributed by atoms with Gasteiger partial charge in [0.2, 0.25) is 0 Å². The van der Waals surface area contributed by atoms with Gasteiger partial charge in [0.1, 0.15) is 12.4 Å². The SMILES string of the molecule is CC(N)c1cncc(-c2ccc(OCCN(C)C)cc2)c1. The van der Waals surface area contributed by atoms with E-state index >= 15 is 0 Å². The van der Waals surface area contributed by atoms with Gasteiger partial charge in [-0.2, -0.15) is 0 Å². The highest BCUT2D eigenvalue weighted by Crippen LogP contribution is 2.23. The summed E-state index contributed by atoms with van der Waals surface area (Å²) in [5.74, 6) is 0.886. The molecule has 4 nitrogen and oxygen atoms in total. The number of hydrogen-bond donors (Lipinski definition) is 1. The van der Waals surface area contributed by atoms with Crippen molar-refractivity contribution >= 4 is 0 Å². The van der Waals surface area contributed by atoms with Crippen LogP contribution in [0.15, 0.2) is 42.7 Å². The summed E-state index contributed by atoms with van der Waals surface area (Å²) < 4.78 is 5.69. The van der Waals surface area contributed by atoms with Crippen LogP contribution in [0.3, 0.4) is 0 Å². The third-order valence-electron chi connectivity index (χ3n) is 3.28. The monoisotopic (exact) mass is 285 g/mol. The van der Waals surface area contributed by atoms with Crippen molar-refractivity contribution < 1.29 is 4.74 Å². The number of nitrogens with two attached hydrogens (primary N) is 1. The van der Waals surface area contributed by atoms with Crippen LogP contribution < -0.4 is 10.5 Å². The zero-order valence-electron chi connectivity index (χ0n) is 12.9. The lowest BCUT2D eigenvalue weighted by Crippen LogP contribution is -2.19. The third kappa shape index (κ3) is 4.55. The molecule has 2 aromatic rings. The molecule has 0 spiro atoms. The maximum Gasteiger partial charge on any atom is 0.119 e. The summed E-state index contributed by atoms with van der Waals surface area (Å²) in [4.78, 5) is 6.35. The number of aromatic nitrogens is 1. The van der Waals surface area contributed by atoms with Gasteiger partial charge in [0.05, 0.1) is 0 Å². The lowest BCUT2D eigenvalue weighted by Gasteiger charge is -2.11. The van der Waals surface area contributed by atoms with Crippen LogP contribution in [0.25, 0.3) is 11.1 Å². The Morgan fingerprint density at radius 2 is 1.86 bits per heavy atom. The molecule has 1 aromatic carbocycles. The molecule has 0 radical (unpaired) electrons. The zero-order chi connectivity index (χ0) is 15.2. The van der Waals surface area contributed by atoms with E-state index in [1.165, 1.54) is 0 Å². The summed E-state index contributed by atoms with van der Waals surface area (Å²) >= 11 is 0. The smallest absolute Gasteiger partial charge is 0.119 e. The minimum absolute atomic E-state index is 0.00825. The van der Waals surface area contributed by atoms with Crippen molar-refractivity contribution in [3.8, 4) is 16.9 Å². The average molecular weight is 285 g/mol. The number of rotatable bonds is 6. The van der Waals surface area contributed by atoms with Gasteiger partial charge in [-0.3, -0.25) is 4.98 Å². The van der Waals surface area contributed by atoms with Crippen molar-refractivity contribution in [2.24, 2.45) is 5.73 Å². The Hall–Kier alpha value is -1.91. The Morgan fingerprint density at radius 1 is 1.14 bits per heavy atom. The number of ether oxygens (including phenoxy) is 1. The Balaban J connectivity index is 2.06. The van der Waals surface area contributed by atoms with Crippen LogP contribution in [0.1, 0.15) is 18.5 Å². The standard InChI is InChI=1S/C17H23N3O/c1-13(18)15-10-16(12-19-11-15)14-4-6-17(7-5-14)21-9-8-20(2)3/h4-7,10-13H,8-9,18H2,1-3H3. The molecule has 0 aliphatic carbocycles. The first kappa shape index (κ1) is 15.5. The molecule has 1 heterocycles. The van der Waals surface area contributed by atoms with Gasteiger partial charge in [-0.05, 0) is 50.3 Å². The molecule has 0 saturated heterocycles. The molecule has 0 bridgehead atoms. The first-order valence-electron chi connectivity index (χ1n) is 7.15. The van der Waals surface area contributed by atoms with E-state index in [-0.39, 0.29) is 6.04 Å². The highest BCUT2D eigenvalue weighted by atomic mass is 16.5. The summed E-state index contributed by atoms with van der Waals surface area (Å²) in [5.41, 5.74) is 9.13. The van der Waals surface area contributed by atoms with Crippen LogP contribution in [0.5, 0.6) is 5.75 Å². The summed E-state index contributed by atoms with van der Waals surface area (Å²) in [6.45, 7) is 3.55. The van der Waals surface area contributed by atoms with Crippen LogP contribution >= 0.6 is 0 Å². The number of likely N-dealkylation sites (N-methyl/N-ethyl adjacent to an activating group) is 1. The van der Waals surface area contributed by atoms with E-state index < -0.39 is 0 Å². The van der Waals surface area contributed by atoms with Gasteiger partial charge in [-0.25, -0.2) is 0 Å². The van der Waals surface area contributed by atoms with E-state index in [4.69, 9.17) is 10.5 Å². The van der Waals surface area contributed by atoms with Crippen LogP contribution in [0.4, 0.5) is 0 Å². The summed E-state index contributed by atoms with van der Waals surface area (Å²) in [6.07, 6.45) is 3.67. The van der Waals surface area contributed by atoms with Gasteiger partial charge in [-0.1, -0.05) is 12.1 Å². The van der Waals surface area contributed by atoms with Gasteiger partial charge in [0.15, 0.2) is 0 Å². The highest BCUT2D eigenvalue weighted by Gasteiger charge is 2.04. The molecule has 1 unspecified atom stereocenters. The van der Waals surface area contributed by atoms with Gasteiger partial charge < -0.3 is 15.4 Å². The summed E-state index contributed by atoms with van der Waals surface area (Å²) in [6, 6.07) is 10.2. The minimum atomic E-state index is -0.00825. The van der Waals surface area contributed by atoms with Crippen LogP contribution in [0, 0.1) is 0 Å². The Kier molecular flexibility index (Phi) is 5.31. The van der Waals surface area contributed by atoms with Gasteiger partial charge in [0, 0.05) is 30.5 Å². The molecular weight excluding hydrogens is 262 g/mol. The van der Waals surface area contributed by atoms with Gasteiger partial charge >= 0.3 is 0 Å². The van der Waals surface area contributed by atoms with Crippen molar-refractivity contribution in [2.75, 3.05) is 27.2 Å². The maximum absolute atomic E-state index is 5.90. The van der Waals surface area contributed by atoms with Crippen molar-refractivity contribution in [3.05, 3.63) is 48.3 Å². The molecule has 0 saturated carbocycles. The predicted octanol–water partition coefficient (Wildman–Crippen LogP) is 2.71. The van der Waals surface area contributed by atoms with E-state index in [1.807, 2.05) is 57.7 Å². The van der Waals surface area contributed by atoms with Crippen LogP contribution in [-0.4, -0.2) is 37.1 Å². The summed E-state index contributed by atoms with van der Waals surface area (Å²) in [7, 11) is 4.07. The molecule has 0 amide bonds. The molecule has 112 valence electrons. The Bertz CT molecular complexity index is 565. The van der Waals surface area contributed by atoms with E-state index in [9.17, 15) is 0 Å². The van der Waals surface area contributed by atoms with E-state index in [0.717, 1.165) is 29.0 Å². The largest absolute Gasteiger partial charge is 0.492 e. The fourth-order valence-electron chi connectivity index (χ4n) is 1.95. The van der Waals surface area contributed by atoms with Crippen molar-refractivity contribution in [1.29, 1.82) is 0 Å². The molecule has 1 aromatic heterocycles. The molecule has 0 aliphatic heterocycles. The number of nitrogens with zero attached hydrogens (tertiary/aromatic N) is 2. The lowest BCUT2D eigenvalue weighted by molar-refractivity contribution is 0.261. The van der Waals surface area contributed by atoms with E-state index in [1.54, 1.807) is 0 Å². The van der Waals surface area contributed by atoms with Crippen molar-refractivity contribution in [2.45, 2.75) is 13.0 Å². The Morgan fingerprint density at radius 3 is 2.48 bits per heavy atom. The average Bonchev–Trinajstić information content (AvgIpc) is 2.48. The van der Waals surface area contributed by atoms with Gasteiger partial charge in [-0.15, -0.1) is 0 Å². The highest BCUT2D eigenvalue weighted by molar-refractivity contribution is 5.64. The second-order valence-corrected chi connectivity index (χ2v) is 5.47. The first-order chi connectivity index (χ1) is 10.1. The molecule has 2 N–H and O–H groups in total. The third-order valence-corrected chi connectivity index (χ3v) is 3.28. The second kappa shape index (κ2) is 7.20. The van der Waals surface area contributed by atoms with Crippen LogP contribution in [-0.2, 0) is 0 Å². The maximum atomic E-state index is 5.90. The normalized spacial score (nSPS) is 12.4. The zero-order valence-corrected chi connectivity index (χ0v) is 12.9. The van der Waals surface area contributed by atoms with E-state index in [2.05, 4.69) is 16.0 Å². The minimum Gasteiger partial charge on any atom is -0.492 e. The molecule has 1 atom stereocenters. The molecule has 2 rings (SSSR count). The second-order valence-electron chi connectivity index (χ2n) is 5.47. The number of pyridine rings is 1. The first-order valence-corrected chi connectivity index (χ1v) is 7.15. The fraction of sp³-hybridized carbons (Fsp3) is 0.353. The van der Waals surface area contributed by atoms with Crippen molar-refractivity contribution in [3.63, 3.8) is 0 Å². The van der Waals surface area contributed by atoms with Crippen molar-refractivity contribution in [1.82, 2.24) is 9.88 Å². The molecule has 0 fully saturated rings. The molecule has 0 aliphatic rings. The fourth-order valence-corrected chi connectivity index (χ4v) is 1.95. The molecule has 21 heavy (non-hydrogen) atoms. The predicted molar refractivity (Wildman–Crippen MR) is 86.3 cm³/mol. The quantitative estimate of drug-likeness (QED) is 0.886. The Labute approximate surface area is 126 Å². The number of benzene rings is 1. The van der Waals surface area contributed by atoms with E-state index in [0.29, 0.717) is 6.61 Å². The van der Waals surface area contributed by atoms with Gasteiger partial charge in [0.25, 0.3) is 0 Å². The molecule has 4 heteroatoms. The number of hydrogen-bond acceptors (Lipinski definition) is 4. The molecular formula is C17H23N3O. The van der Waals surface area contributed by atoms with Crippen LogP contribution in [0.2, 0.25) is 0 Å².